The third-order valence-electron chi connectivity index (χ3n) is 3.40. The van der Waals surface area contributed by atoms with Crippen molar-refractivity contribution < 1.29 is 32.6 Å². The molecule has 1 aromatic carbocycles. The van der Waals surface area contributed by atoms with Gasteiger partial charge in [0.1, 0.15) is 11.6 Å². The lowest BCUT2D eigenvalue weighted by Gasteiger charge is -2.22. The summed E-state index contributed by atoms with van der Waals surface area (Å²) in [6.45, 7) is 4.90. The normalized spacial score (nSPS) is 13.5. The highest BCUT2D eigenvalue weighted by Gasteiger charge is 2.33. The van der Waals surface area contributed by atoms with E-state index >= 15 is 0 Å². The maximum absolute atomic E-state index is 13.1. The molecule has 1 heterocycles. The Morgan fingerprint density at radius 1 is 1.27 bits per heavy atom. The molecule has 0 bridgehead atoms. The van der Waals surface area contributed by atoms with E-state index in [4.69, 9.17) is 4.74 Å². The summed E-state index contributed by atoms with van der Waals surface area (Å²) in [6, 6.07) is 2.44. The lowest BCUT2D eigenvalue weighted by atomic mass is 10.0. The summed E-state index contributed by atoms with van der Waals surface area (Å²) in [5.74, 6) is -1.30. The summed E-state index contributed by atoms with van der Waals surface area (Å²) < 4.78 is 44.3. The fourth-order valence-corrected chi connectivity index (χ4v) is 3.48. The molecule has 2 aromatic rings. The standard InChI is InChI=1S/C17H18F3NO4S/c1-16(2,3)25-15(24)21-12(14(22)23)7-9-8-26-13-10(9)5-4-6-11(13)17(18,19)20/h4-6,8,12H,7H2,1-3H3,(H,21,24)(H,22,23)/t12-/m0/s1. The molecule has 2 N–H and O–H groups in total. The van der Waals surface area contributed by atoms with E-state index < -0.39 is 35.4 Å². The molecule has 0 unspecified atom stereocenters. The van der Waals surface area contributed by atoms with Crippen molar-refractivity contribution in [2.75, 3.05) is 0 Å². The van der Waals surface area contributed by atoms with E-state index in [-0.39, 0.29) is 11.1 Å². The van der Waals surface area contributed by atoms with Crippen molar-refractivity contribution >= 4 is 33.5 Å². The Balaban J connectivity index is 2.27. The number of fused-ring (bicyclic) bond motifs is 1. The maximum atomic E-state index is 13.1. The summed E-state index contributed by atoms with van der Waals surface area (Å²) >= 11 is 0.893. The molecular weight excluding hydrogens is 371 g/mol. The second-order valence-electron chi connectivity index (χ2n) is 6.68. The van der Waals surface area contributed by atoms with Gasteiger partial charge in [-0.15, -0.1) is 11.3 Å². The number of ether oxygens (including phenoxy) is 1. The summed E-state index contributed by atoms with van der Waals surface area (Å²) in [6.07, 6.45) is -5.56. The molecule has 2 rings (SSSR count). The monoisotopic (exact) mass is 389 g/mol. The van der Waals surface area contributed by atoms with Crippen LogP contribution in [0.25, 0.3) is 10.1 Å². The van der Waals surface area contributed by atoms with E-state index in [2.05, 4.69) is 5.32 Å². The minimum atomic E-state index is -4.50. The Morgan fingerprint density at radius 2 is 1.92 bits per heavy atom. The van der Waals surface area contributed by atoms with E-state index in [1.807, 2.05) is 0 Å². The van der Waals surface area contributed by atoms with Crippen molar-refractivity contribution in [1.82, 2.24) is 5.32 Å². The van der Waals surface area contributed by atoms with Crippen LogP contribution in [0.2, 0.25) is 0 Å². The predicted molar refractivity (Wildman–Crippen MR) is 91.3 cm³/mol. The highest BCUT2D eigenvalue weighted by atomic mass is 32.1. The van der Waals surface area contributed by atoms with Crippen LogP contribution in [0.1, 0.15) is 31.9 Å². The second kappa shape index (κ2) is 7.14. The van der Waals surface area contributed by atoms with Crippen LogP contribution in [-0.4, -0.2) is 28.8 Å². The Bertz CT molecular complexity index is 824. The Hall–Kier alpha value is -2.29. The number of benzene rings is 1. The first-order valence-corrected chi connectivity index (χ1v) is 8.55. The molecule has 0 aliphatic rings. The van der Waals surface area contributed by atoms with E-state index in [0.29, 0.717) is 10.9 Å². The zero-order chi connectivity index (χ0) is 19.7. The first-order valence-electron chi connectivity index (χ1n) is 7.67. The number of alkyl carbamates (subject to hydrolysis) is 1. The highest BCUT2D eigenvalue weighted by Crippen LogP contribution is 2.39. The predicted octanol–water partition coefficient (Wildman–Crippen LogP) is 4.44. The van der Waals surface area contributed by atoms with Crippen LogP contribution in [0.3, 0.4) is 0 Å². The van der Waals surface area contributed by atoms with Crippen molar-refractivity contribution in [3.05, 3.63) is 34.7 Å². The highest BCUT2D eigenvalue weighted by molar-refractivity contribution is 7.17. The van der Waals surface area contributed by atoms with Crippen LogP contribution in [0, 0.1) is 0 Å². The van der Waals surface area contributed by atoms with Crippen molar-refractivity contribution in [1.29, 1.82) is 0 Å². The number of nitrogens with one attached hydrogen (secondary N) is 1. The molecule has 0 saturated carbocycles. The van der Waals surface area contributed by atoms with Gasteiger partial charge in [0.2, 0.25) is 0 Å². The van der Waals surface area contributed by atoms with Crippen LogP contribution in [0.5, 0.6) is 0 Å². The molecule has 0 saturated heterocycles. The number of halogens is 3. The molecule has 142 valence electrons. The Morgan fingerprint density at radius 3 is 2.46 bits per heavy atom. The molecule has 1 atom stereocenters. The number of thiophene rings is 1. The number of carboxylic acids is 1. The summed E-state index contributed by atoms with van der Waals surface area (Å²) in [5.41, 5.74) is -1.15. The molecule has 0 fully saturated rings. The number of hydrogen-bond acceptors (Lipinski definition) is 4. The van der Waals surface area contributed by atoms with Gasteiger partial charge in [-0.05, 0) is 43.2 Å². The molecule has 0 radical (unpaired) electrons. The molecular formula is C17H18F3NO4S. The molecule has 26 heavy (non-hydrogen) atoms. The van der Waals surface area contributed by atoms with Gasteiger partial charge in [0.25, 0.3) is 0 Å². The minimum Gasteiger partial charge on any atom is -0.480 e. The number of alkyl halides is 3. The third-order valence-corrected chi connectivity index (χ3v) is 4.48. The van der Waals surface area contributed by atoms with Crippen LogP contribution >= 0.6 is 11.3 Å². The molecule has 1 aromatic heterocycles. The fraction of sp³-hybridized carbons (Fsp3) is 0.412. The number of aliphatic carboxylic acids is 1. The van der Waals surface area contributed by atoms with Crippen molar-refractivity contribution in [2.45, 2.75) is 45.0 Å². The minimum absolute atomic E-state index is 0.0383. The fourth-order valence-electron chi connectivity index (χ4n) is 2.36. The number of carbonyl (C=O) groups is 2. The molecule has 0 spiro atoms. The van der Waals surface area contributed by atoms with Gasteiger partial charge in [0.05, 0.1) is 5.56 Å². The van der Waals surface area contributed by atoms with Crippen LogP contribution in [0.4, 0.5) is 18.0 Å². The van der Waals surface area contributed by atoms with E-state index in [0.717, 1.165) is 17.4 Å². The number of rotatable bonds is 4. The number of carboxylic acid groups (broad SMARTS) is 1. The van der Waals surface area contributed by atoms with Gasteiger partial charge in [-0.3, -0.25) is 0 Å². The van der Waals surface area contributed by atoms with Gasteiger partial charge in [-0.2, -0.15) is 13.2 Å². The van der Waals surface area contributed by atoms with Gasteiger partial charge in [0, 0.05) is 11.1 Å². The van der Waals surface area contributed by atoms with Crippen molar-refractivity contribution in [3.8, 4) is 0 Å². The molecule has 5 nitrogen and oxygen atoms in total. The number of carbonyl (C=O) groups excluding carboxylic acids is 1. The first-order chi connectivity index (χ1) is 11.9. The van der Waals surface area contributed by atoms with Crippen molar-refractivity contribution in [3.63, 3.8) is 0 Å². The average Bonchev–Trinajstić information content (AvgIpc) is 2.86. The average molecular weight is 389 g/mol. The van der Waals surface area contributed by atoms with Gasteiger partial charge in [-0.25, -0.2) is 9.59 Å². The lowest BCUT2D eigenvalue weighted by Crippen LogP contribution is -2.44. The maximum Gasteiger partial charge on any atom is 0.417 e. The zero-order valence-corrected chi connectivity index (χ0v) is 15.1. The van der Waals surface area contributed by atoms with Gasteiger partial charge < -0.3 is 15.2 Å². The first kappa shape index (κ1) is 20.0. The van der Waals surface area contributed by atoms with Gasteiger partial charge in [-0.1, -0.05) is 12.1 Å². The SMILES string of the molecule is CC(C)(C)OC(=O)N[C@@H](Cc1csc2c(C(F)(F)F)cccc12)C(=O)O. The third kappa shape index (κ3) is 4.87. The molecule has 0 aliphatic carbocycles. The van der Waals surface area contributed by atoms with E-state index in [9.17, 15) is 27.9 Å². The van der Waals surface area contributed by atoms with Gasteiger partial charge in [0.15, 0.2) is 0 Å². The smallest absolute Gasteiger partial charge is 0.417 e. The van der Waals surface area contributed by atoms with E-state index in [1.54, 1.807) is 20.8 Å². The molecule has 9 heteroatoms. The quantitative estimate of drug-likeness (QED) is 0.811. The Kier molecular flexibility index (Phi) is 5.50. The van der Waals surface area contributed by atoms with Crippen LogP contribution < -0.4 is 5.32 Å². The second-order valence-corrected chi connectivity index (χ2v) is 7.56. The largest absolute Gasteiger partial charge is 0.480 e. The lowest BCUT2D eigenvalue weighted by molar-refractivity contribution is -0.139. The van der Waals surface area contributed by atoms with E-state index in [1.165, 1.54) is 17.5 Å². The topological polar surface area (TPSA) is 75.6 Å². The van der Waals surface area contributed by atoms with Gasteiger partial charge >= 0.3 is 18.2 Å². The van der Waals surface area contributed by atoms with Crippen molar-refractivity contribution in [2.24, 2.45) is 0 Å². The molecule has 1 amide bonds. The summed E-state index contributed by atoms with van der Waals surface area (Å²) in [4.78, 5) is 23.3. The Labute approximate surface area is 151 Å². The summed E-state index contributed by atoms with van der Waals surface area (Å²) in [5, 5.41) is 13.4. The number of hydrogen-bond donors (Lipinski definition) is 2. The summed E-state index contributed by atoms with van der Waals surface area (Å²) in [7, 11) is 0. The van der Waals surface area contributed by atoms with Crippen LogP contribution in [-0.2, 0) is 22.1 Å². The molecule has 0 aliphatic heterocycles. The van der Waals surface area contributed by atoms with Crippen LogP contribution in [0.15, 0.2) is 23.6 Å². The zero-order valence-electron chi connectivity index (χ0n) is 14.3. The number of amides is 1.